The summed E-state index contributed by atoms with van der Waals surface area (Å²) in [5.41, 5.74) is 0. The van der Waals surface area contributed by atoms with Crippen LogP contribution >= 0.6 is 0 Å². The molecule has 1 aromatic rings. The van der Waals surface area contributed by atoms with Crippen LogP contribution in [0.4, 0.5) is 0 Å². The zero-order valence-electron chi connectivity index (χ0n) is 6.90. The van der Waals surface area contributed by atoms with E-state index in [0.29, 0.717) is 6.61 Å². The molecule has 2 rings (SSSR count). The Morgan fingerprint density at radius 3 is 2.62 bits per heavy atom. The molecule has 1 aromatic carbocycles. The summed E-state index contributed by atoms with van der Waals surface area (Å²) in [6.07, 6.45) is 1.63. The van der Waals surface area contributed by atoms with Crippen molar-refractivity contribution in [2.75, 3.05) is 6.61 Å². The summed E-state index contributed by atoms with van der Waals surface area (Å²) in [5, 5.41) is 0. The zero-order chi connectivity index (χ0) is 9.10. The molecule has 0 spiro atoms. The molecule has 1 aliphatic heterocycles. The van der Waals surface area contributed by atoms with Gasteiger partial charge in [0.1, 0.15) is 0 Å². The van der Waals surface area contributed by atoms with Gasteiger partial charge in [-0.05, 0) is 0 Å². The molecule has 0 amide bonds. The molecule has 0 aliphatic carbocycles. The molecule has 3 heteroatoms. The van der Waals surface area contributed by atoms with E-state index >= 15 is 0 Å². The third-order valence-electron chi connectivity index (χ3n) is 1.63. The van der Waals surface area contributed by atoms with Gasteiger partial charge < -0.3 is 0 Å². The van der Waals surface area contributed by atoms with Crippen molar-refractivity contribution in [2.24, 2.45) is 0 Å². The number of carbonyl (C=O) groups excluding carboxylic acids is 1. The van der Waals surface area contributed by atoms with Gasteiger partial charge in [-0.15, -0.1) is 0 Å². The van der Waals surface area contributed by atoms with E-state index in [-0.39, 0.29) is 26.9 Å². The first-order valence-electron chi connectivity index (χ1n) is 3.95. The molecular weight excluding hydrogens is 280 g/mol. The standard InChI is InChI=1S/C10H8O2Te/c11-10-6-9(7-12-10)13-8-4-2-1-3-5-8/h1-6H,7H2. The average molecular weight is 288 g/mol. The molecule has 0 atom stereocenters. The van der Waals surface area contributed by atoms with E-state index in [1.807, 2.05) is 18.2 Å². The topological polar surface area (TPSA) is 26.3 Å². The third kappa shape index (κ3) is 2.33. The van der Waals surface area contributed by atoms with Crippen molar-refractivity contribution < 1.29 is 9.53 Å². The summed E-state index contributed by atoms with van der Waals surface area (Å²) in [6, 6.07) is 10.3. The number of hydrogen-bond acceptors (Lipinski definition) is 2. The Bertz CT molecular complexity index is 343. The summed E-state index contributed by atoms with van der Waals surface area (Å²) in [6.45, 7) is 0.510. The van der Waals surface area contributed by atoms with E-state index in [1.54, 1.807) is 6.08 Å². The molecule has 0 saturated carbocycles. The number of benzene rings is 1. The van der Waals surface area contributed by atoms with Crippen LogP contribution in [0.3, 0.4) is 0 Å². The van der Waals surface area contributed by atoms with Gasteiger partial charge in [0, 0.05) is 0 Å². The van der Waals surface area contributed by atoms with Gasteiger partial charge in [0.15, 0.2) is 0 Å². The van der Waals surface area contributed by atoms with E-state index in [2.05, 4.69) is 12.1 Å². The fourth-order valence-electron chi connectivity index (χ4n) is 1.06. The molecule has 0 fully saturated rings. The van der Waals surface area contributed by atoms with Gasteiger partial charge in [-0.25, -0.2) is 0 Å². The molecule has 0 saturated heterocycles. The Morgan fingerprint density at radius 1 is 1.23 bits per heavy atom. The number of ether oxygens (including phenoxy) is 1. The maximum absolute atomic E-state index is 10.8. The van der Waals surface area contributed by atoms with Crippen LogP contribution in [0.15, 0.2) is 40.0 Å². The quantitative estimate of drug-likeness (QED) is 0.583. The minimum absolute atomic E-state index is 0.184. The van der Waals surface area contributed by atoms with Gasteiger partial charge in [0.2, 0.25) is 0 Å². The van der Waals surface area contributed by atoms with Gasteiger partial charge in [-0.2, -0.15) is 0 Å². The van der Waals surface area contributed by atoms with Crippen molar-refractivity contribution in [2.45, 2.75) is 0 Å². The first kappa shape index (κ1) is 8.80. The molecule has 0 N–H and O–H groups in total. The number of hydrogen-bond donors (Lipinski definition) is 0. The molecule has 66 valence electrons. The molecule has 13 heavy (non-hydrogen) atoms. The first-order valence-corrected chi connectivity index (χ1v) is 6.28. The Morgan fingerprint density at radius 2 is 2.00 bits per heavy atom. The van der Waals surface area contributed by atoms with Crippen LogP contribution in [-0.4, -0.2) is 33.5 Å². The SMILES string of the molecule is O=C1C=C([Te]c2ccccc2)CO1. The van der Waals surface area contributed by atoms with Crippen LogP contribution in [0, 0.1) is 0 Å². The number of esters is 1. The van der Waals surface area contributed by atoms with Crippen molar-refractivity contribution in [3.63, 3.8) is 0 Å². The summed E-state index contributed by atoms with van der Waals surface area (Å²) >= 11 is -0.371. The number of cyclic esters (lactones) is 1. The van der Waals surface area contributed by atoms with Gasteiger partial charge in [-0.3, -0.25) is 0 Å². The van der Waals surface area contributed by atoms with Crippen molar-refractivity contribution in [1.82, 2.24) is 0 Å². The van der Waals surface area contributed by atoms with Gasteiger partial charge >= 0.3 is 86.7 Å². The van der Waals surface area contributed by atoms with E-state index in [0.717, 1.165) is 0 Å². The molecule has 0 bridgehead atoms. The summed E-state index contributed by atoms with van der Waals surface area (Å²) in [7, 11) is 0. The summed E-state index contributed by atoms with van der Waals surface area (Å²) in [5.74, 6) is -0.184. The van der Waals surface area contributed by atoms with Crippen LogP contribution < -0.4 is 3.61 Å². The normalized spacial score (nSPS) is 15.4. The van der Waals surface area contributed by atoms with Crippen molar-refractivity contribution in [1.29, 1.82) is 0 Å². The zero-order valence-corrected chi connectivity index (χ0v) is 9.23. The van der Waals surface area contributed by atoms with Crippen LogP contribution in [0.25, 0.3) is 0 Å². The van der Waals surface area contributed by atoms with Crippen LogP contribution in [-0.2, 0) is 9.53 Å². The fourth-order valence-corrected chi connectivity index (χ4v) is 3.54. The third-order valence-corrected chi connectivity index (χ3v) is 4.50. The second-order valence-electron chi connectivity index (χ2n) is 2.63. The molecular formula is C10H8O2Te. The molecule has 0 unspecified atom stereocenters. The Kier molecular flexibility index (Phi) is 2.68. The van der Waals surface area contributed by atoms with Gasteiger partial charge in [0.25, 0.3) is 0 Å². The Labute approximate surface area is 86.7 Å². The van der Waals surface area contributed by atoms with Crippen LogP contribution in [0.1, 0.15) is 0 Å². The molecule has 1 heterocycles. The number of carbonyl (C=O) groups is 1. The van der Waals surface area contributed by atoms with Crippen LogP contribution in [0.5, 0.6) is 0 Å². The first-order chi connectivity index (χ1) is 6.34. The Hall–Kier alpha value is -0.780. The maximum atomic E-state index is 10.8. The molecule has 1 aliphatic rings. The van der Waals surface area contributed by atoms with E-state index in [1.165, 1.54) is 7.23 Å². The van der Waals surface area contributed by atoms with Gasteiger partial charge in [0.05, 0.1) is 0 Å². The van der Waals surface area contributed by atoms with Gasteiger partial charge in [-0.1, -0.05) is 0 Å². The monoisotopic (exact) mass is 290 g/mol. The minimum atomic E-state index is -0.371. The number of rotatable bonds is 2. The Balaban J connectivity index is 2.07. The van der Waals surface area contributed by atoms with E-state index < -0.39 is 0 Å². The second kappa shape index (κ2) is 3.95. The fraction of sp³-hybridized carbons (Fsp3) is 0.100. The van der Waals surface area contributed by atoms with Crippen molar-refractivity contribution >= 4 is 30.5 Å². The summed E-state index contributed by atoms with van der Waals surface area (Å²) < 4.78 is 7.37. The predicted octanol–water partition coefficient (Wildman–Crippen LogP) is 0.457. The van der Waals surface area contributed by atoms with E-state index in [9.17, 15) is 4.79 Å². The van der Waals surface area contributed by atoms with E-state index in [4.69, 9.17) is 4.74 Å². The molecule has 2 nitrogen and oxygen atoms in total. The summed E-state index contributed by atoms with van der Waals surface area (Å²) in [4.78, 5) is 10.8. The predicted molar refractivity (Wildman–Crippen MR) is 50.9 cm³/mol. The molecule has 0 radical (unpaired) electrons. The molecule has 0 aromatic heterocycles. The average Bonchev–Trinajstić information content (AvgIpc) is 2.53. The van der Waals surface area contributed by atoms with Crippen molar-refractivity contribution in [3.05, 3.63) is 40.0 Å². The van der Waals surface area contributed by atoms with Crippen molar-refractivity contribution in [3.8, 4) is 0 Å². The second-order valence-corrected chi connectivity index (χ2v) is 6.06. The van der Waals surface area contributed by atoms with Crippen LogP contribution in [0.2, 0.25) is 0 Å².